The van der Waals surface area contributed by atoms with E-state index in [1.54, 1.807) is 0 Å². The average Bonchev–Trinajstić information content (AvgIpc) is 2.24. The van der Waals surface area contributed by atoms with E-state index in [0.29, 0.717) is 0 Å². The topological polar surface area (TPSA) is 27.6 Å². The SMILES string of the molecule is CCCCNC(=NC)N1CCCC(C)C1.I. The Morgan fingerprint density at radius 3 is 2.81 bits per heavy atom. The summed E-state index contributed by atoms with van der Waals surface area (Å²) >= 11 is 0. The van der Waals surface area contributed by atoms with Crippen LogP contribution in [-0.2, 0) is 0 Å². The highest BCUT2D eigenvalue weighted by Gasteiger charge is 2.18. The molecule has 1 unspecified atom stereocenters. The second kappa shape index (κ2) is 9.07. The Labute approximate surface area is 117 Å². The summed E-state index contributed by atoms with van der Waals surface area (Å²) in [5.41, 5.74) is 0. The van der Waals surface area contributed by atoms with Crippen molar-refractivity contribution in [2.24, 2.45) is 10.9 Å². The van der Waals surface area contributed by atoms with Crippen LogP contribution in [0.25, 0.3) is 0 Å². The second-order valence-electron chi connectivity index (χ2n) is 4.52. The Morgan fingerprint density at radius 2 is 2.25 bits per heavy atom. The zero-order valence-corrected chi connectivity index (χ0v) is 13.2. The first kappa shape index (κ1) is 16.0. The molecule has 4 heteroatoms. The zero-order chi connectivity index (χ0) is 11.1. The standard InChI is InChI=1S/C12H25N3.HI/c1-4-5-8-14-12(13-3)15-9-6-7-11(2)10-15;/h11H,4-10H2,1-3H3,(H,13,14);1H. The number of guanidine groups is 1. The van der Waals surface area contributed by atoms with Crippen molar-refractivity contribution in [2.75, 3.05) is 26.7 Å². The highest BCUT2D eigenvalue weighted by atomic mass is 127. The van der Waals surface area contributed by atoms with Gasteiger partial charge in [0, 0.05) is 26.7 Å². The van der Waals surface area contributed by atoms with Gasteiger partial charge in [-0.25, -0.2) is 0 Å². The van der Waals surface area contributed by atoms with Crippen LogP contribution < -0.4 is 5.32 Å². The van der Waals surface area contributed by atoms with Crippen LogP contribution >= 0.6 is 24.0 Å². The lowest BCUT2D eigenvalue weighted by Crippen LogP contribution is -2.46. The summed E-state index contributed by atoms with van der Waals surface area (Å²) < 4.78 is 0. The number of hydrogen-bond donors (Lipinski definition) is 1. The lowest BCUT2D eigenvalue weighted by molar-refractivity contribution is 0.266. The number of likely N-dealkylation sites (tertiary alicyclic amines) is 1. The van der Waals surface area contributed by atoms with Crippen molar-refractivity contribution >= 4 is 29.9 Å². The number of nitrogens with zero attached hydrogens (tertiary/aromatic N) is 2. The fourth-order valence-corrected chi connectivity index (χ4v) is 2.09. The minimum atomic E-state index is 0. The maximum atomic E-state index is 4.35. The smallest absolute Gasteiger partial charge is 0.193 e. The van der Waals surface area contributed by atoms with Crippen molar-refractivity contribution < 1.29 is 0 Å². The molecule has 1 aliphatic heterocycles. The lowest BCUT2D eigenvalue weighted by Gasteiger charge is -2.33. The van der Waals surface area contributed by atoms with Gasteiger partial charge in [0.2, 0.25) is 0 Å². The van der Waals surface area contributed by atoms with Crippen LogP contribution in [0, 0.1) is 5.92 Å². The monoisotopic (exact) mass is 339 g/mol. The minimum absolute atomic E-state index is 0. The van der Waals surface area contributed by atoms with Crippen LogP contribution in [-0.4, -0.2) is 37.5 Å². The molecule has 0 aromatic carbocycles. The van der Waals surface area contributed by atoms with E-state index in [-0.39, 0.29) is 24.0 Å². The van der Waals surface area contributed by atoms with E-state index >= 15 is 0 Å². The predicted molar refractivity (Wildman–Crippen MR) is 81.7 cm³/mol. The summed E-state index contributed by atoms with van der Waals surface area (Å²) in [6, 6.07) is 0. The summed E-state index contributed by atoms with van der Waals surface area (Å²) in [6.07, 6.45) is 5.13. The fourth-order valence-electron chi connectivity index (χ4n) is 2.09. The van der Waals surface area contributed by atoms with Crippen LogP contribution in [0.3, 0.4) is 0 Å². The van der Waals surface area contributed by atoms with Gasteiger partial charge in [-0.15, -0.1) is 24.0 Å². The van der Waals surface area contributed by atoms with Crippen LogP contribution in [0.5, 0.6) is 0 Å². The molecule has 96 valence electrons. The number of aliphatic imine (C=N–C) groups is 1. The molecule has 0 radical (unpaired) electrons. The van der Waals surface area contributed by atoms with Gasteiger partial charge in [-0.2, -0.15) is 0 Å². The van der Waals surface area contributed by atoms with E-state index in [1.807, 2.05) is 7.05 Å². The highest BCUT2D eigenvalue weighted by molar-refractivity contribution is 14.0. The number of piperidine rings is 1. The molecule has 16 heavy (non-hydrogen) atoms. The van der Waals surface area contributed by atoms with E-state index in [9.17, 15) is 0 Å². The molecule has 0 aromatic heterocycles. The molecular formula is C12H26IN3. The molecular weight excluding hydrogens is 313 g/mol. The van der Waals surface area contributed by atoms with Gasteiger partial charge in [0.1, 0.15) is 0 Å². The van der Waals surface area contributed by atoms with E-state index < -0.39 is 0 Å². The average molecular weight is 339 g/mol. The molecule has 3 nitrogen and oxygen atoms in total. The molecule has 1 fully saturated rings. The van der Waals surface area contributed by atoms with Gasteiger partial charge in [0.05, 0.1) is 0 Å². The number of hydrogen-bond acceptors (Lipinski definition) is 1. The summed E-state index contributed by atoms with van der Waals surface area (Å²) in [4.78, 5) is 6.74. The molecule has 1 rings (SSSR count). The van der Waals surface area contributed by atoms with Crippen molar-refractivity contribution in [3.05, 3.63) is 0 Å². The Kier molecular flexibility index (Phi) is 9.07. The molecule has 1 heterocycles. The van der Waals surface area contributed by atoms with E-state index in [2.05, 4.69) is 29.1 Å². The normalized spacial score (nSPS) is 21.6. The van der Waals surface area contributed by atoms with Crippen molar-refractivity contribution in [3.63, 3.8) is 0 Å². The molecule has 1 saturated heterocycles. The Morgan fingerprint density at radius 1 is 1.50 bits per heavy atom. The highest BCUT2D eigenvalue weighted by Crippen LogP contribution is 2.15. The van der Waals surface area contributed by atoms with Crippen LogP contribution in [0.1, 0.15) is 39.5 Å². The molecule has 1 aliphatic rings. The molecule has 0 amide bonds. The summed E-state index contributed by atoms with van der Waals surface area (Å²) in [5.74, 6) is 1.90. The molecule has 0 spiro atoms. The number of halogens is 1. The first-order valence-electron chi connectivity index (χ1n) is 6.23. The van der Waals surface area contributed by atoms with Gasteiger partial charge in [0.25, 0.3) is 0 Å². The van der Waals surface area contributed by atoms with Crippen LogP contribution in [0.15, 0.2) is 4.99 Å². The maximum absolute atomic E-state index is 4.35. The van der Waals surface area contributed by atoms with Gasteiger partial charge in [0.15, 0.2) is 5.96 Å². The third-order valence-electron chi connectivity index (χ3n) is 2.98. The van der Waals surface area contributed by atoms with Gasteiger partial charge in [-0.05, 0) is 25.2 Å². The molecule has 0 aliphatic carbocycles. The van der Waals surface area contributed by atoms with Crippen molar-refractivity contribution in [2.45, 2.75) is 39.5 Å². The van der Waals surface area contributed by atoms with Gasteiger partial charge >= 0.3 is 0 Å². The maximum Gasteiger partial charge on any atom is 0.193 e. The van der Waals surface area contributed by atoms with Crippen LogP contribution in [0.2, 0.25) is 0 Å². The van der Waals surface area contributed by atoms with Crippen molar-refractivity contribution in [1.29, 1.82) is 0 Å². The third kappa shape index (κ3) is 5.37. The molecule has 0 aromatic rings. The van der Waals surface area contributed by atoms with E-state index in [4.69, 9.17) is 0 Å². The summed E-state index contributed by atoms with van der Waals surface area (Å²) in [6.45, 7) is 7.91. The van der Waals surface area contributed by atoms with E-state index in [0.717, 1.165) is 31.5 Å². The van der Waals surface area contributed by atoms with E-state index in [1.165, 1.54) is 25.7 Å². The van der Waals surface area contributed by atoms with Crippen molar-refractivity contribution in [1.82, 2.24) is 10.2 Å². The molecule has 0 bridgehead atoms. The Balaban J connectivity index is 0.00000225. The molecule has 0 saturated carbocycles. The first-order valence-corrected chi connectivity index (χ1v) is 6.23. The Bertz CT molecular complexity index is 206. The number of unbranched alkanes of at least 4 members (excludes halogenated alkanes) is 1. The lowest BCUT2D eigenvalue weighted by atomic mass is 10.0. The summed E-state index contributed by atoms with van der Waals surface area (Å²) in [5, 5.41) is 3.44. The Hall–Kier alpha value is 0. The number of rotatable bonds is 3. The zero-order valence-electron chi connectivity index (χ0n) is 10.8. The minimum Gasteiger partial charge on any atom is -0.356 e. The largest absolute Gasteiger partial charge is 0.356 e. The van der Waals surface area contributed by atoms with Gasteiger partial charge < -0.3 is 10.2 Å². The van der Waals surface area contributed by atoms with Crippen molar-refractivity contribution in [3.8, 4) is 0 Å². The predicted octanol–water partition coefficient (Wildman–Crippen LogP) is 2.71. The van der Waals surface area contributed by atoms with Gasteiger partial charge in [-0.3, -0.25) is 4.99 Å². The molecule has 1 atom stereocenters. The quantitative estimate of drug-likeness (QED) is 0.371. The second-order valence-corrected chi connectivity index (χ2v) is 4.52. The number of nitrogens with one attached hydrogen (secondary N) is 1. The van der Waals surface area contributed by atoms with Gasteiger partial charge in [-0.1, -0.05) is 20.3 Å². The third-order valence-corrected chi connectivity index (χ3v) is 2.98. The molecule has 1 N–H and O–H groups in total. The summed E-state index contributed by atoms with van der Waals surface area (Å²) in [7, 11) is 1.88. The van der Waals surface area contributed by atoms with Crippen LogP contribution in [0.4, 0.5) is 0 Å². The fraction of sp³-hybridized carbons (Fsp3) is 0.917. The first-order chi connectivity index (χ1) is 7.27.